The molecule has 1 aromatic heterocycles. The van der Waals surface area contributed by atoms with Crippen LogP contribution in [0.15, 0.2) is 42.7 Å². The van der Waals surface area contributed by atoms with Crippen LogP contribution in [0.3, 0.4) is 0 Å². The molecule has 0 saturated heterocycles. The van der Waals surface area contributed by atoms with E-state index in [1.54, 1.807) is 6.07 Å². The third-order valence-corrected chi connectivity index (χ3v) is 5.82. The zero-order valence-corrected chi connectivity index (χ0v) is 16.1. The molecule has 0 bridgehead atoms. The van der Waals surface area contributed by atoms with Crippen LogP contribution in [0.2, 0.25) is 10.0 Å². The van der Waals surface area contributed by atoms with Gasteiger partial charge in [0.25, 0.3) is 0 Å². The Morgan fingerprint density at radius 2 is 1.76 bits per heavy atom. The van der Waals surface area contributed by atoms with E-state index in [0.29, 0.717) is 15.9 Å². The van der Waals surface area contributed by atoms with Crippen molar-refractivity contribution in [1.82, 2.24) is 9.97 Å². The van der Waals surface area contributed by atoms with Gasteiger partial charge < -0.3 is 0 Å². The first-order chi connectivity index (χ1) is 12.2. The quantitative estimate of drug-likeness (QED) is 0.539. The largest absolute Gasteiger partial charge is 0.236 e. The Morgan fingerprint density at radius 3 is 2.40 bits per heavy atom. The van der Waals surface area contributed by atoms with Gasteiger partial charge in [-0.2, -0.15) is 0 Å². The molecule has 0 N–H and O–H groups in total. The third kappa shape index (κ3) is 5.05. The number of allylic oxidation sites excluding steroid dienone is 2. The zero-order valence-electron chi connectivity index (χ0n) is 14.6. The number of aryl methyl sites for hydroxylation is 1. The Hall–Kier alpha value is -1.38. The highest BCUT2D eigenvalue weighted by molar-refractivity contribution is 6.42. The lowest BCUT2D eigenvalue weighted by molar-refractivity contribution is 0.296. The van der Waals surface area contributed by atoms with Gasteiger partial charge in [-0.3, -0.25) is 0 Å². The van der Waals surface area contributed by atoms with Crippen molar-refractivity contribution >= 4 is 23.2 Å². The predicted octanol–water partition coefficient (Wildman–Crippen LogP) is 6.77. The Bertz CT molecular complexity index is 717. The number of aromatic nitrogens is 2. The van der Waals surface area contributed by atoms with E-state index in [9.17, 15) is 0 Å². The Balaban J connectivity index is 1.54. The van der Waals surface area contributed by atoms with E-state index in [1.807, 2.05) is 24.5 Å². The van der Waals surface area contributed by atoms with Gasteiger partial charge in [-0.1, -0.05) is 35.4 Å². The van der Waals surface area contributed by atoms with Crippen LogP contribution in [0.25, 0.3) is 11.4 Å². The van der Waals surface area contributed by atoms with Crippen LogP contribution in [0.1, 0.15) is 44.6 Å². The highest BCUT2D eigenvalue weighted by Gasteiger charge is 2.19. The number of benzene rings is 1. The number of rotatable bonds is 5. The number of hydrogen-bond acceptors (Lipinski definition) is 2. The Morgan fingerprint density at radius 1 is 1.04 bits per heavy atom. The highest BCUT2D eigenvalue weighted by atomic mass is 35.5. The van der Waals surface area contributed by atoms with Crippen molar-refractivity contribution in [2.45, 2.75) is 45.4 Å². The van der Waals surface area contributed by atoms with E-state index < -0.39 is 0 Å². The van der Waals surface area contributed by atoms with Gasteiger partial charge in [-0.05, 0) is 81.0 Å². The first-order valence-electron chi connectivity index (χ1n) is 9.05. The summed E-state index contributed by atoms with van der Waals surface area (Å²) in [5.74, 6) is 2.33. The molecule has 0 spiro atoms. The van der Waals surface area contributed by atoms with Crippen LogP contribution in [0.4, 0.5) is 0 Å². The van der Waals surface area contributed by atoms with E-state index in [-0.39, 0.29) is 0 Å². The standard InChI is InChI=1S/C21H24Cl2N2/c1-2-3-15-4-6-16(7-5-15)8-9-17-13-24-21(25-14-17)18-10-11-19(22)20(23)12-18/h2-3,10-16H,4-9H2,1H3. The van der Waals surface area contributed by atoms with Crippen molar-refractivity contribution in [3.8, 4) is 11.4 Å². The molecule has 0 atom stereocenters. The summed E-state index contributed by atoms with van der Waals surface area (Å²) >= 11 is 12.0. The highest BCUT2D eigenvalue weighted by Crippen LogP contribution is 2.32. The summed E-state index contributed by atoms with van der Waals surface area (Å²) in [4.78, 5) is 9.00. The number of halogens is 2. The molecule has 1 heterocycles. The number of hydrogen-bond donors (Lipinski definition) is 0. The lowest BCUT2D eigenvalue weighted by atomic mass is 9.79. The summed E-state index contributed by atoms with van der Waals surface area (Å²) < 4.78 is 0. The summed E-state index contributed by atoms with van der Waals surface area (Å²) in [5.41, 5.74) is 2.10. The van der Waals surface area contributed by atoms with Gasteiger partial charge in [0.15, 0.2) is 5.82 Å². The SMILES string of the molecule is CC=CC1CCC(CCc2cnc(-c3ccc(Cl)c(Cl)c3)nc2)CC1. The molecule has 0 amide bonds. The summed E-state index contributed by atoms with van der Waals surface area (Å²) in [6.45, 7) is 2.12. The fourth-order valence-corrected chi connectivity index (χ4v) is 3.88. The van der Waals surface area contributed by atoms with Crippen molar-refractivity contribution in [1.29, 1.82) is 0 Å². The molecule has 0 aliphatic heterocycles. The summed E-state index contributed by atoms with van der Waals surface area (Å²) in [6, 6.07) is 5.48. The lowest BCUT2D eigenvalue weighted by Crippen LogP contribution is -2.13. The molecule has 3 rings (SSSR count). The summed E-state index contributed by atoms with van der Waals surface area (Å²) in [5, 5.41) is 1.08. The maximum absolute atomic E-state index is 6.07. The smallest absolute Gasteiger partial charge is 0.159 e. The maximum atomic E-state index is 6.07. The van der Waals surface area contributed by atoms with Crippen LogP contribution in [0, 0.1) is 11.8 Å². The van der Waals surface area contributed by atoms with Crippen molar-refractivity contribution in [2.24, 2.45) is 11.8 Å². The lowest BCUT2D eigenvalue weighted by Gasteiger charge is -2.26. The minimum Gasteiger partial charge on any atom is -0.236 e. The second kappa shape index (κ2) is 8.82. The maximum Gasteiger partial charge on any atom is 0.159 e. The second-order valence-corrected chi connectivity index (χ2v) is 7.70. The molecule has 1 aliphatic carbocycles. The normalized spacial score (nSPS) is 20.9. The molecule has 1 fully saturated rings. The molecular weight excluding hydrogens is 351 g/mol. The summed E-state index contributed by atoms with van der Waals surface area (Å²) in [7, 11) is 0. The topological polar surface area (TPSA) is 25.8 Å². The van der Waals surface area contributed by atoms with Gasteiger partial charge in [0.05, 0.1) is 10.0 Å². The van der Waals surface area contributed by atoms with Crippen LogP contribution in [-0.4, -0.2) is 9.97 Å². The molecular formula is C21H24Cl2N2. The Labute approximate surface area is 160 Å². The molecule has 132 valence electrons. The molecule has 1 aromatic carbocycles. The average Bonchev–Trinajstić information content (AvgIpc) is 2.64. The molecule has 2 nitrogen and oxygen atoms in total. The minimum atomic E-state index is 0.528. The first-order valence-corrected chi connectivity index (χ1v) is 9.80. The first kappa shape index (κ1) is 18.4. The van der Waals surface area contributed by atoms with Crippen LogP contribution >= 0.6 is 23.2 Å². The van der Waals surface area contributed by atoms with Gasteiger partial charge in [-0.15, -0.1) is 0 Å². The van der Waals surface area contributed by atoms with Gasteiger partial charge in [0.1, 0.15) is 0 Å². The van der Waals surface area contributed by atoms with E-state index in [2.05, 4.69) is 29.0 Å². The molecule has 1 saturated carbocycles. The van der Waals surface area contributed by atoms with Crippen molar-refractivity contribution < 1.29 is 0 Å². The van der Waals surface area contributed by atoms with E-state index in [0.717, 1.165) is 23.8 Å². The Kier molecular flexibility index (Phi) is 6.50. The van der Waals surface area contributed by atoms with E-state index >= 15 is 0 Å². The second-order valence-electron chi connectivity index (χ2n) is 6.89. The van der Waals surface area contributed by atoms with Crippen molar-refractivity contribution in [3.05, 3.63) is 58.4 Å². The third-order valence-electron chi connectivity index (χ3n) is 5.08. The van der Waals surface area contributed by atoms with Crippen LogP contribution < -0.4 is 0 Å². The van der Waals surface area contributed by atoms with Crippen LogP contribution in [-0.2, 0) is 6.42 Å². The molecule has 0 unspecified atom stereocenters. The monoisotopic (exact) mass is 374 g/mol. The molecule has 2 aromatic rings. The van der Waals surface area contributed by atoms with Crippen LogP contribution in [0.5, 0.6) is 0 Å². The molecule has 0 radical (unpaired) electrons. The molecule has 4 heteroatoms. The van der Waals surface area contributed by atoms with Gasteiger partial charge >= 0.3 is 0 Å². The fourth-order valence-electron chi connectivity index (χ4n) is 3.58. The summed E-state index contributed by atoms with van der Waals surface area (Å²) in [6.07, 6.45) is 16.1. The molecule has 25 heavy (non-hydrogen) atoms. The zero-order chi connectivity index (χ0) is 17.6. The predicted molar refractivity (Wildman–Crippen MR) is 106 cm³/mol. The van der Waals surface area contributed by atoms with E-state index in [4.69, 9.17) is 23.2 Å². The average molecular weight is 375 g/mol. The minimum absolute atomic E-state index is 0.528. The molecule has 1 aliphatic rings. The van der Waals surface area contributed by atoms with Crippen molar-refractivity contribution in [2.75, 3.05) is 0 Å². The van der Waals surface area contributed by atoms with Gasteiger partial charge in [-0.25, -0.2) is 9.97 Å². The van der Waals surface area contributed by atoms with Gasteiger partial charge in [0, 0.05) is 18.0 Å². The number of nitrogens with zero attached hydrogens (tertiary/aromatic N) is 2. The van der Waals surface area contributed by atoms with Crippen molar-refractivity contribution in [3.63, 3.8) is 0 Å². The van der Waals surface area contributed by atoms with Gasteiger partial charge in [0.2, 0.25) is 0 Å². The fraction of sp³-hybridized carbons (Fsp3) is 0.429. The van der Waals surface area contributed by atoms with E-state index in [1.165, 1.54) is 37.7 Å².